The zero-order valence-electron chi connectivity index (χ0n) is 13.8. The molecule has 0 bridgehead atoms. The number of hydrogen-bond donors (Lipinski definition) is 1. The highest BCUT2D eigenvalue weighted by Gasteiger charge is 2.25. The normalized spacial score (nSPS) is 18.7. The lowest BCUT2D eigenvalue weighted by atomic mass is 9.99. The van der Waals surface area contributed by atoms with Crippen molar-refractivity contribution in [1.29, 1.82) is 0 Å². The van der Waals surface area contributed by atoms with Crippen molar-refractivity contribution in [2.75, 3.05) is 19.7 Å². The van der Waals surface area contributed by atoms with Crippen LogP contribution in [0.1, 0.15) is 34.9 Å². The van der Waals surface area contributed by atoms with Gasteiger partial charge in [0.2, 0.25) is 0 Å². The molecule has 0 amide bonds. The molecule has 124 valence electrons. The van der Waals surface area contributed by atoms with Gasteiger partial charge in [0.25, 0.3) is 0 Å². The summed E-state index contributed by atoms with van der Waals surface area (Å²) in [7, 11) is 0. The Labute approximate surface area is 142 Å². The predicted octanol–water partition coefficient (Wildman–Crippen LogP) is 3.14. The largest absolute Gasteiger partial charge is 0.394 e. The second-order valence-electron chi connectivity index (χ2n) is 6.37. The quantitative estimate of drug-likeness (QED) is 0.914. The third kappa shape index (κ3) is 3.60. The molecule has 2 aromatic rings. The van der Waals surface area contributed by atoms with Crippen LogP contribution in [-0.2, 0) is 13.1 Å². The highest BCUT2D eigenvalue weighted by Crippen LogP contribution is 2.30. The highest BCUT2D eigenvalue weighted by atomic mass is 35.5. The van der Waals surface area contributed by atoms with Gasteiger partial charge >= 0.3 is 0 Å². The number of hydrogen-bond acceptors (Lipinski definition) is 3. The summed E-state index contributed by atoms with van der Waals surface area (Å²) < 4.78 is 1.91. The monoisotopic (exact) mass is 333 g/mol. The Bertz CT molecular complexity index is 683. The fraction of sp³-hybridized carbons (Fsp3) is 0.500. The standard InChI is InChI=1S/C18H24ClN3O/c1-13-18(14(2)22(20-13)8-9-23)12-21-7-6-16(11-21)15-4-3-5-17(19)10-15/h3-5,10,16,23H,6-9,11-12H2,1-2H3. The summed E-state index contributed by atoms with van der Waals surface area (Å²) in [5, 5.41) is 14.5. The topological polar surface area (TPSA) is 41.3 Å². The number of aromatic nitrogens is 2. The van der Waals surface area contributed by atoms with Crippen molar-refractivity contribution in [2.24, 2.45) is 0 Å². The van der Waals surface area contributed by atoms with Gasteiger partial charge in [-0.05, 0) is 50.4 Å². The van der Waals surface area contributed by atoms with Crippen molar-refractivity contribution in [3.05, 3.63) is 51.8 Å². The lowest BCUT2D eigenvalue weighted by Crippen LogP contribution is -2.20. The van der Waals surface area contributed by atoms with E-state index in [1.54, 1.807) is 0 Å². The molecule has 1 unspecified atom stereocenters. The summed E-state index contributed by atoms with van der Waals surface area (Å²) >= 11 is 6.12. The maximum atomic E-state index is 9.13. The summed E-state index contributed by atoms with van der Waals surface area (Å²) in [6, 6.07) is 8.23. The van der Waals surface area contributed by atoms with Crippen LogP contribution in [0, 0.1) is 13.8 Å². The van der Waals surface area contributed by atoms with Crippen molar-refractivity contribution in [3.8, 4) is 0 Å². The molecule has 0 radical (unpaired) electrons. The molecule has 1 fully saturated rings. The molecule has 0 spiro atoms. The minimum Gasteiger partial charge on any atom is -0.394 e. The zero-order valence-corrected chi connectivity index (χ0v) is 14.6. The van der Waals surface area contributed by atoms with Gasteiger partial charge in [0.05, 0.1) is 18.8 Å². The van der Waals surface area contributed by atoms with Gasteiger partial charge < -0.3 is 5.11 Å². The fourth-order valence-corrected chi connectivity index (χ4v) is 3.71. The summed E-state index contributed by atoms with van der Waals surface area (Å²) in [4.78, 5) is 2.49. The van der Waals surface area contributed by atoms with Gasteiger partial charge in [0.15, 0.2) is 0 Å². The predicted molar refractivity (Wildman–Crippen MR) is 92.9 cm³/mol. The number of likely N-dealkylation sites (tertiary alicyclic amines) is 1. The third-order valence-corrected chi connectivity index (χ3v) is 5.05. The maximum Gasteiger partial charge on any atom is 0.0644 e. The van der Waals surface area contributed by atoms with Crippen molar-refractivity contribution in [1.82, 2.24) is 14.7 Å². The lowest BCUT2D eigenvalue weighted by Gasteiger charge is -2.17. The molecular formula is C18H24ClN3O. The average Bonchev–Trinajstić information content (AvgIpc) is 3.09. The highest BCUT2D eigenvalue weighted by molar-refractivity contribution is 6.30. The van der Waals surface area contributed by atoms with Gasteiger partial charge in [-0.15, -0.1) is 0 Å². The Hall–Kier alpha value is -1.36. The van der Waals surface area contributed by atoms with Crippen LogP contribution in [0.15, 0.2) is 24.3 Å². The number of aryl methyl sites for hydroxylation is 1. The first kappa shape index (κ1) is 16.5. The first-order valence-electron chi connectivity index (χ1n) is 8.20. The van der Waals surface area contributed by atoms with E-state index in [2.05, 4.69) is 36.0 Å². The Morgan fingerprint density at radius 1 is 1.35 bits per heavy atom. The maximum absolute atomic E-state index is 9.13. The summed E-state index contributed by atoms with van der Waals surface area (Å²) in [5.74, 6) is 0.557. The van der Waals surface area contributed by atoms with Crippen LogP contribution in [0.3, 0.4) is 0 Å². The molecule has 2 heterocycles. The number of rotatable bonds is 5. The summed E-state index contributed by atoms with van der Waals surface area (Å²) in [5.41, 5.74) is 4.87. The van der Waals surface area contributed by atoms with Crippen molar-refractivity contribution in [3.63, 3.8) is 0 Å². The van der Waals surface area contributed by atoms with Crippen LogP contribution in [0.2, 0.25) is 5.02 Å². The van der Waals surface area contributed by atoms with Gasteiger partial charge in [0, 0.05) is 29.4 Å². The molecule has 1 aliphatic heterocycles. The smallest absolute Gasteiger partial charge is 0.0644 e. The molecular weight excluding hydrogens is 310 g/mol. The van der Waals surface area contributed by atoms with E-state index in [1.165, 1.54) is 23.2 Å². The first-order chi connectivity index (χ1) is 11.1. The Kier molecular flexibility index (Phi) is 5.05. The van der Waals surface area contributed by atoms with Crippen LogP contribution in [-0.4, -0.2) is 39.5 Å². The number of nitrogens with zero attached hydrogens (tertiary/aromatic N) is 3. The molecule has 1 aliphatic rings. The lowest BCUT2D eigenvalue weighted by molar-refractivity contribution is 0.267. The molecule has 0 aliphatic carbocycles. The van der Waals surface area contributed by atoms with E-state index in [-0.39, 0.29) is 6.61 Å². The van der Waals surface area contributed by atoms with E-state index in [1.807, 2.05) is 16.8 Å². The minimum atomic E-state index is 0.127. The molecule has 1 saturated heterocycles. The molecule has 23 heavy (non-hydrogen) atoms. The van der Waals surface area contributed by atoms with Crippen LogP contribution in [0.25, 0.3) is 0 Å². The molecule has 1 aromatic carbocycles. The SMILES string of the molecule is Cc1nn(CCO)c(C)c1CN1CCC(c2cccc(Cl)c2)C1. The fourth-order valence-electron chi connectivity index (χ4n) is 3.51. The minimum absolute atomic E-state index is 0.127. The molecule has 1 aromatic heterocycles. The Morgan fingerprint density at radius 3 is 2.91 bits per heavy atom. The number of aliphatic hydroxyl groups is 1. The molecule has 1 atom stereocenters. The third-order valence-electron chi connectivity index (χ3n) is 4.82. The van der Waals surface area contributed by atoms with E-state index in [0.29, 0.717) is 12.5 Å². The first-order valence-corrected chi connectivity index (χ1v) is 8.58. The van der Waals surface area contributed by atoms with Gasteiger partial charge in [-0.3, -0.25) is 9.58 Å². The van der Waals surface area contributed by atoms with Gasteiger partial charge in [-0.2, -0.15) is 5.10 Å². The second kappa shape index (κ2) is 7.04. The van der Waals surface area contributed by atoms with Crippen molar-refractivity contribution in [2.45, 2.75) is 39.3 Å². The molecule has 0 saturated carbocycles. The summed E-state index contributed by atoms with van der Waals surface area (Å²) in [6.07, 6.45) is 1.17. The summed E-state index contributed by atoms with van der Waals surface area (Å²) in [6.45, 7) is 7.93. The van der Waals surface area contributed by atoms with Crippen LogP contribution < -0.4 is 0 Å². The van der Waals surface area contributed by atoms with Crippen molar-refractivity contribution < 1.29 is 5.11 Å². The second-order valence-corrected chi connectivity index (χ2v) is 6.81. The number of halogens is 1. The van der Waals surface area contributed by atoms with E-state index >= 15 is 0 Å². The van der Waals surface area contributed by atoms with Crippen LogP contribution >= 0.6 is 11.6 Å². The van der Waals surface area contributed by atoms with Crippen molar-refractivity contribution >= 4 is 11.6 Å². The van der Waals surface area contributed by atoms with E-state index in [0.717, 1.165) is 30.4 Å². The Balaban J connectivity index is 1.69. The molecule has 1 N–H and O–H groups in total. The molecule has 5 heteroatoms. The Morgan fingerprint density at radius 2 is 2.17 bits per heavy atom. The van der Waals surface area contributed by atoms with E-state index in [9.17, 15) is 0 Å². The van der Waals surface area contributed by atoms with Gasteiger partial charge in [-0.1, -0.05) is 23.7 Å². The van der Waals surface area contributed by atoms with Crippen LogP contribution in [0.5, 0.6) is 0 Å². The van der Waals surface area contributed by atoms with Gasteiger partial charge in [-0.25, -0.2) is 0 Å². The molecule has 4 nitrogen and oxygen atoms in total. The average molecular weight is 334 g/mol. The zero-order chi connectivity index (χ0) is 16.4. The van der Waals surface area contributed by atoms with Crippen LogP contribution in [0.4, 0.5) is 0 Å². The van der Waals surface area contributed by atoms with E-state index < -0.39 is 0 Å². The number of benzene rings is 1. The molecule has 3 rings (SSSR count). The van der Waals surface area contributed by atoms with E-state index in [4.69, 9.17) is 16.7 Å². The number of aliphatic hydroxyl groups excluding tert-OH is 1. The van der Waals surface area contributed by atoms with Gasteiger partial charge in [0.1, 0.15) is 0 Å².